The monoisotopic (exact) mass is 484 g/mol. The number of aliphatic hydroxyl groups is 1. The molecule has 0 spiro atoms. The van der Waals surface area contributed by atoms with E-state index in [-0.39, 0.29) is 6.61 Å². The van der Waals surface area contributed by atoms with Crippen molar-refractivity contribution < 1.29 is 18.7 Å². The van der Waals surface area contributed by atoms with Gasteiger partial charge < -0.3 is 23.6 Å². The van der Waals surface area contributed by atoms with Crippen molar-refractivity contribution in [1.82, 2.24) is 20.1 Å². The number of piperidine rings is 1. The van der Waals surface area contributed by atoms with E-state index in [0.717, 1.165) is 36.8 Å². The zero-order valence-electron chi connectivity index (χ0n) is 20.1. The molecule has 0 saturated carbocycles. The van der Waals surface area contributed by atoms with Crippen LogP contribution < -0.4 is 4.74 Å². The molecule has 5 aromatic rings. The molecule has 8 nitrogen and oxygen atoms in total. The highest BCUT2D eigenvalue weighted by molar-refractivity contribution is 5.87. The zero-order valence-corrected chi connectivity index (χ0v) is 20.1. The maximum absolute atomic E-state index is 10.7. The molecule has 0 unspecified atom stereocenters. The fourth-order valence-electron chi connectivity index (χ4n) is 5.00. The molecule has 184 valence electrons. The standard InChI is InChI=1S/C28H28N4O4/c1-18-30-31-28(35-18)27-15-23-25(5-2-6-26(23)36-27)34-17-22(33)16-32-12-9-19(10-13-32)20-7-8-24-21(14-20)4-3-11-29-24/h2-8,11,14-15,19,22,33H,9-10,12-13,16-17H2,1H3/t22-/m0/s1. The van der Waals surface area contributed by atoms with Crippen molar-refractivity contribution in [2.75, 3.05) is 26.2 Å². The molecule has 1 aliphatic heterocycles. The summed E-state index contributed by atoms with van der Waals surface area (Å²) in [6.07, 6.45) is 3.39. The van der Waals surface area contributed by atoms with Gasteiger partial charge in [0.15, 0.2) is 5.76 Å². The van der Waals surface area contributed by atoms with E-state index >= 15 is 0 Å². The molecule has 6 rings (SSSR count). The Labute approximate surface area is 208 Å². The fourth-order valence-corrected chi connectivity index (χ4v) is 5.00. The summed E-state index contributed by atoms with van der Waals surface area (Å²) in [5, 5.41) is 20.6. The zero-order chi connectivity index (χ0) is 24.5. The third-order valence-corrected chi connectivity index (χ3v) is 6.84. The molecule has 0 amide bonds. The number of β-amino-alcohol motifs (C(OH)–C–C–N with tert-alkyl or cyclic N) is 1. The highest BCUT2D eigenvalue weighted by atomic mass is 16.5. The largest absolute Gasteiger partial charge is 0.490 e. The van der Waals surface area contributed by atoms with E-state index in [2.05, 4.69) is 44.3 Å². The van der Waals surface area contributed by atoms with Crippen molar-refractivity contribution in [3.8, 4) is 17.4 Å². The molecular formula is C28H28N4O4. The minimum Gasteiger partial charge on any atom is -0.490 e. The number of furan rings is 1. The van der Waals surface area contributed by atoms with Gasteiger partial charge in [0.05, 0.1) is 10.9 Å². The van der Waals surface area contributed by atoms with Crippen LogP contribution in [-0.2, 0) is 0 Å². The Morgan fingerprint density at radius 1 is 1.06 bits per heavy atom. The van der Waals surface area contributed by atoms with E-state index in [9.17, 15) is 5.11 Å². The van der Waals surface area contributed by atoms with Crippen LogP contribution in [0.5, 0.6) is 5.75 Å². The van der Waals surface area contributed by atoms with Crippen LogP contribution in [0.1, 0.15) is 30.2 Å². The average Bonchev–Trinajstić information content (AvgIpc) is 3.54. The van der Waals surface area contributed by atoms with E-state index in [1.807, 2.05) is 36.5 Å². The highest BCUT2D eigenvalue weighted by Gasteiger charge is 2.23. The van der Waals surface area contributed by atoms with Crippen LogP contribution in [0.2, 0.25) is 0 Å². The molecule has 2 aromatic carbocycles. The number of hydrogen-bond acceptors (Lipinski definition) is 8. The number of benzene rings is 2. The predicted octanol–water partition coefficient (Wildman–Crippen LogP) is 4.96. The van der Waals surface area contributed by atoms with Crippen LogP contribution in [0.15, 0.2) is 69.6 Å². The second kappa shape index (κ2) is 9.72. The van der Waals surface area contributed by atoms with Gasteiger partial charge in [0.1, 0.15) is 24.0 Å². The average molecular weight is 485 g/mol. The molecule has 0 bridgehead atoms. The van der Waals surface area contributed by atoms with Crippen molar-refractivity contribution in [1.29, 1.82) is 0 Å². The lowest BCUT2D eigenvalue weighted by molar-refractivity contribution is 0.0599. The first-order chi connectivity index (χ1) is 17.6. The SMILES string of the molecule is Cc1nnc(-c2cc3c(OC[C@@H](O)CN4CCC(c5ccc6ncccc6c5)CC4)cccc3o2)o1. The van der Waals surface area contributed by atoms with Gasteiger partial charge >= 0.3 is 0 Å². The van der Waals surface area contributed by atoms with E-state index in [1.54, 1.807) is 6.92 Å². The molecule has 4 heterocycles. The Kier molecular flexibility index (Phi) is 6.13. The number of aliphatic hydroxyl groups excluding tert-OH is 1. The van der Waals surface area contributed by atoms with E-state index in [0.29, 0.717) is 41.3 Å². The molecule has 36 heavy (non-hydrogen) atoms. The molecule has 8 heteroatoms. The Morgan fingerprint density at radius 3 is 2.78 bits per heavy atom. The number of nitrogens with zero attached hydrogens (tertiary/aromatic N) is 4. The van der Waals surface area contributed by atoms with Crippen LogP contribution in [0.4, 0.5) is 0 Å². The number of hydrogen-bond donors (Lipinski definition) is 1. The Hall–Kier alpha value is -3.75. The van der Waals surface area contributed by atoms with Gasteiger partial charge in [0.25, 0.3) is 5.89 Å². The Bertz CT molecular complexity index is 1490. The number of likely N-dealkylation sites (tertiary alicyclic amines) is 1. The molecule has 1 saturated heterocycles. The van der Waals surface area contributed by atoms with Gasteiger partial charge in [-0.25, -0.2) is 0 Å². The van der Waals surface area contributed by atoms with Crippen molar-refractivity contribution in [3.63, 3.8) is 0 Å². The van der Waals surface area contributed by atoms with Gasteiger partial charge in [0.2, 0.25) is 5.89 Å². The van der Waals surface area contributed by atoms with Crippen molar-refractivity contribution >= 4 is 21.9 Å². The predicted molar refractivity (Wildman–Crippen MR) is 136 cm³/mol. The maximum Gasteiger partial charge on any atom is 0.283 e. The summed E-state index contributed by atoms with van der Waals surface area (Å²) in [4.78, 5) is 6.74. The van der Waals surface area contributed by atoms with Gasteiger partial charge in [-0.3, -0.25) is 4.98 Å². The van der Waals surface area contributed by atoms with Crippen molar-refractivity contribution in [3.05, 3.63) is 72.2 Å². The number of aromatic nitrogens is 3. The van der Waals surface area contributed by atoms with Gasteiger partial charge in [0, 0.05) is 31.1 Å². The van der Waals surface area contributed by atoms with E-state index < -0.39 is 6.10 Å². The fraction of sp³-hybridized carbons (Fsp3) is 0.321. The lowest BCUT2D eigenvalue weighted by atomic mass is 9.88. The van der Waals surface area contributed by atoms with Gasteiger partial charge in [-0.1, -0.05) is 18.2 Å². The lowest BCUT2D eigenvalue weighted by Crippen LogP contribution is -2.40. The van der Waals surface area contributed by atoms with Crippen molar-refractivity contribution in [2.24, 2.45) is 0 Å². The van der Waals surface area contributed by atoms with Crippen LogP contribution >= 0.6 is 0 Å². The maximum atomic E-state index is 10.7. The molecule has 1 fully saturated rings. The topological polar surface area (TPSA) is 97.7 Å². The molecule has 1 N–H and O–H groups in total. The molecular weight excluding hydrogens is 456 g/mol. The smallest absolute Gasteiger partial charge is 0.283 e. The molecule has 1 atom stereocenters. The third-order valence-electron chi connectivity index (χ3n) is 6.84. The highest BCUT2D eigenvalue weighted by Crippen LogP contribution is 2.33. The normalized spacial score (nSPS) is 16.1. The van der Waals surface area contributed by atoms with Crippen LogP contribution in [0.3, 0.4) is 0 Å². The van der Waals surface area contributed by atoms with E-state index in [4.69, 9.17) is 13.6 Å². The number of ether oxygens (including phenoxy) is 1. The summed E-state index contributed by atoms with van der Waals surface area (Å²) < 4.78 is 17.3. The molecule has 0 radical (unpaired) electrons. The van der Waals surface area contributed by atoms with Gasteiger partial charge in [-0.2, -0.15) is 0 Å². The Balaban J connectivity index is 1.04. The number of fused-ring (bicyclic) bond motifs is 2. The molecule has 0 aliphatic carbocycles. The molecule has 1 aliphatic rings. The third kappa shape index (κ3) is 4.69. The minimum absolute atomic E-state index is 0.205. The first kappa shape index (κ1) is 22.7. The lowest BCUT2D eigenvalue weighted by Gasteiger charge is -2.33. The van der Waals surface area contributed by atoms with Gasteiger partial charge in [-0.05, 0) is 67.7 Å². The van der Waals surface area contributed by atoms with Crippen LogP contribution in [0, 0.1) is 6.92 Å². The second-order valence-corrected chi connectivity index (χ2v) is 9.40. The summed E-state index contributed by atoms with van der Waals surface area (Å²) in [5.41, 5.74) is 3.08. The Morgan fingerprint density at radius 2 is 1.94 bits per heavy atom. The summed E-state index contributed by atoms with van der Waals surface area (Å²) >= 11 is 0. The summed E-state index contributed by atoms with van der Waals surface area (Å²) in [5.74, 6) is 2.49. The first-order valence-electron chi connectivity index (χ1n) is 12.3. The van der Waals surface area contributed by atoms with Crippen LogP contribution in [0.25, 0.3) is 33.5 Å². The van der Waals surface area contributed by atoms with Crippen LogP contribution in [-0.4, -0.2) is 57.5 Å². The van der Waals surface area contributed by atoms with E-state index in [1.165, 1.54) is 10.9 Å². The number of aryl methyl sites for hydroxylation is 1. The first-order valence-corrected chi connectivity index (χ1v) is 12.3. The summed E-state index contributed by atoms with van der Waals surface area (Å²) in [7, 11) is 0. The summed E-state index contributed by atoms with van der Waals surface area (Å²) in [6.45, 7) is 4.44. The van der Waals surface area contributed by atoms with Gasteiger partial charge in [-0.15, -0.1) is 10.2 Å². The van der Waals surface area contributed by atoms with Crippen molar-refractivity contribution in [2.45, 2.75) is 31.8 Å². The second-order valence-electron chi connectivity index (χ2n) is 9.40. The quantitative estimate of drug-likeness (QED) is 0.346. The summed E-state index contributed by atoms with van der Waals surface area (Å²) in [6, 6.07) is 18.1. The molecule has 3 aromatic heterocycles. The number of pyridine rings is 1. The minimum atomic E-state index is -0.589. The number of rotatable bonds is 7.